The van der Waals surface area contributed by atoms with E-state index >= 15 is 0 Å². The first-order valence-electron chi connectivity index (χ1n) is 5.74. The number of aliphatic imine (C=N–C) groups is 1. The summed E-state index contributed by atoms with van der Waals surface area (Å²) >= 11 is 7.22. The summed E-state index contributed by atoms with van der Waals surface area (Å²) in [5.74, 6) is 0.0986. The second-order valence-electron chi connectivity index (χ2n) is 4.16. The van der Waals surface area contributed by atoms with Gasteiger partial charge in [0.25, 0.3) is 11.8 Å². The van der Waals surface area contributed by atoms with Crippen LogP contribution in [0.5, 0.6) is 0 Å². The van der Waals surface area contributed by atoms with E-state index in [9.17, 15) is 9.59 Å². The summed E-state index contributed by atoms with van der Waals surface area (Å²) in [4.78, 5) is 29.6. The summed E-state index contributed by atoms with van der Waals surface area (Å²) in [5, 5.41) is 4.02. The van der Waals surface area contributed by atoms with Gasteiger partial charge < -0.3 is 5.32 Å². The average molecular weight is 296 g/mol. The van der Waals surface area contributed by atoms with Gasteiger partial charge in [-0.3, -0.25) is 14.5 Å². The standard InChI is InChI=1S/C12H10ClN3O2S/c13-7-1-3-8(4-2-7)14-9-10(17)15-12-16(11(9)18)5-6-19-12/h1-4,9,14H,5-6H2. The van der Waals surface area contributed by atoms with Gasteiger partial charge in [-0.2, -0.15) is 4.99 Å². The van der Waals surface area contributed by atoms with Crippen LogP contribution in [0.1, 0.15) is 0 Å². The van der Waals surface area contributed by atoms with Crippen molar-refractivity contribution in [3.05, 3.63) is 29.3 Å². The number of benzene rings is 1. The number of anilines is 1. The minimum Gasteiger partial charge on any atom is -0.366 e. The maximum Gasteiger partial charge on any atom is 0.280 e. The van der Waals surface area contributed by atoms with Crippen LogP contribution < -0.4 is 5.32 Å². The maximum absolute atomic E-state index is 12.2. The molecule has 2 heterocycles. The molecule has 2 aliphatic rings. The summed E-state index contributed by atoms with van der Waals surface area (Å²) in [6.07, 6.45) is 0. The zero-order chi connectivity index (χ0) is 13.4. The fourth-order valence-corrected chi connectivity index (χ4v) is 3.03. The van der Waals surface area contributed by atoms with Crippen molar-refractivity contribution in [2.75, 3.05) is 17.6 Å². The van der Waals surface area contributed by atoms with Gasteiger partial charge in [-0.15, -0.1) is 0 Å². The normalized spacial score (nSPS) is 22.3. The molecule has 7 heteroatoms. The van der Waals surface area contributed by atoms with Gasteiger partial charge >= 0.3 is 0 Å². The largest absolute Gasteiger partial charge is 0.366 e. The first-order chi connectivity index (χ1) is 9.15. The highest BCUT2D eigenvalue weighted by atomic mass is 35.5. The zero-order valence-electron chi connectivity index (χ0n) is 9.80. The predicted octanol–water partition coefficient (Wildman–Crippen LogP) is 1.59. The molecule has 2 aliphatic heterocycles. The van der Waals surface area contributed by atoms with Crippen LogP contribution in [0.3, 0.4) is 0 Å². The molecule has 1 unspecified atom stereocenters. The molecule has 2 amide bonds. The smallest absolute Gasteiger partial charge is 0.280 e. The van der Waals surface area contributed by atoms with Gasteiger partial charge in [0, 0.05) is 23.0 Å². The molecule has 0 aliphatic carbocycles. The lowest BCUT2D eigenvalue weighted by atomic mass is 10.2. The predicted molar refractivity (Wildman–Crippen MR) is 75.5 cm³/mol. The lowest BCUT2D eigenvalue weighted by molar-refractivity contribution is -0.134. The van der Waals surface area contributed by atoms with Crippen molar-refractivity contribution in [1.29, 1.82) is 0 Å². The summed E-state index contributed by atoms with van der Waals surface area (Å²) in [6.45, 7) is 0.606. The van der Waals surface area contributed by atoms with Gasteiger partial charge in [0.1, 0.15) is 0 Å². The highest BCUT2D eigenvalue weighted by molar-refractivity contribution is 8.14. The van der Waals surface area contributed by atoms with E-state index in [0.29, 0.717) is 22.4 Å². The van der Waals surface area contributed by atoms with Gasteiger partial charge in [-0.1, -0.05) is 23.4 Å². The number of rotatable bonds is 2. The Hall–Kier alpha value is -1.53. The molecule has 98 valence electrons. The number of halogens is 1. The van der Waals surface area contributed by atoms with Crippen LogP contribution >= 0.6 is 23.4 Å². The second kappa shape index (κ2) is 4.86. The van der Waals surface area contributed by atoms with Crippen LogP contribution in [0.4, 0.5) is 5.69 Å². The Morgan fingerprint density at radius 1 is 1.32 bits per heavy atom. The maximum atomic E-state index is 12.2. The average Bonchev–Trinajstić information content (AvgIpc) is 2.85. The van der Waals surface area contributed by atoms with Gasteiger partial charge in [-0.05, 0) is 24.3 Å². The quantitative estimate of drug-likeness (QED) is 0.842. The first kappa shape index (κ1) is 12.5. The molecule has 0 aromatic heterocycles. The molecule has 0 spiro atoms. The van der Waals surface area contributed by atoms with Gasteiger partial charge in [0.2, 0.25) is 0 Å². The number of nitrogens with one attached hydrogen (secondary N) is 1. The Balaban J connectivity index is 1.83. The lowest BCUT2D eigenvalue weighted by Gasteiger charge is -2.26. The first-order valence-corrected chi connectivity index (χ1v) is 7.10. The second-order valence-corrected chi connectivity index (χ2v) is 5.65. The molecule has 1 N–H and O–H groups in total. The summed E-state index contributed by atoms with van der Waals surface area (Å²) in [5.41, 5.74) is 0.668. The van der Waals surface area contributed by atoms with E-state index < -0.39 is 11.9 Å². The number of hydrogen-bond donors (Lipinski definition) is 1. The molecule has 1 aromatic carbocycles. The van der Waals surface area contributed by atoms with Crippen LogP contribution in [-0.2, 0) is 9.59 Å². The van der Waals surface area contributed by atoms with Crippen molar-refractivity contribution in [2.45, 2.75) is 6.04 Å². The lowest BCUT2D eigenvalue weighted by Crippen LogP contribution is -2.51. The van der Waals surface area contributed by atoms with Gasteiger partial charge in [0.05, 0.1) is 0 Å². The fraction of sp³-hybridized carbons (Fsp3) is 0.250. The zero-order valence-corrected chi connectivity index (χ0v) is 11.4. The van der Waals surface area contributed by atoms with Crippen molar-refractivity contribution in [3.8, 4) is 0 Å². The van der Waals surface area contributed by atoms with E-state index in [2.05, 4.69) is 10.3 Å². The van der Waals surface area contributed by atoms with Crippen molar-refractivity contribution < 1.29 is 9.59 Å². The van der Waals surface area contributed by atoms with Crippen LogP contribution in [-0.4, -0.2) is 40.2 Å². The number of carbonyl (C=O) groups excluding carboxylic acids is 2. The third-order valence-electron chi connectivity index (χ3n) is 2.90. The van der Waals surface area contributed by atoms with E-state index in [4.69, 9.17) is 11.6 Å². The molecule has 1 aromatic rings. The van der Waals surface area contributed by atoms with Crippen LogP contribution in [0, 0.1) is 0 Å². The van der Waals surface area contributed by atoms with Crippen LogP contribution in [0.25, 0.3) is 0 Å². The highest BCUT2D eigenvalue weighted by Gasteiger charge is 2.40. The van der Waals surface area contributed by atoms with Crippen LogP contribution in [0.15, 0.2) is 29.3 Å². The molecule has 1 saturated heterocycles. The number of amidine groups is 1. The molecular weight excluding hydrogens is 286 g/mol. The fourth-order valence-electron chi connectivity index (χ4n) is 1.96. The van der Waals surface area contributed by atoms with E-state index in [1.54, 1.807) is 29.2 Å². The summed E-state index contributed by atoms with van der Waals surface area (Å²) in [6, 6.07) is 5.90. The molecule has 0 radical (unpaired) electrons. The Morgan fingerprint density at radius 2 is 2.05 bits per heavy atom. The Labute approximate surface area is 119 Å². The monoisotopic (exact) mass is 295 g/mol. The number of fused-ring (bicyclic) bond motifs is 1. The summed E-state index contributed by atoms with van der Waals surface area (Å²) in [7, 11) is 0. The van der Waals surface area contributed by atoms with E-state index in [0.717, 1.165) is 5.75 Å². The highest BCUT2D eigenvalue weighted by Crippen LogP contribution is 2.24. The topological polar surface area (TPSA) is 61.8 Å². The number of carbonyl (C=O) groups is 2. The van der Waals surface area contributed by atoms with Crippen molar-refractivity contribution in [1.82, 2.24) is 4.90 Å². The van der Waals surface area contributed by atoms with Gasteiger partial charge in [-0.25, -0.2) is 0 Å². The van der Waals surface area contributed by atoms with Crippen LogP contribution in [0.2, 0.25) is 5.02 Å². The molecule has 3 rings (SSSR count). The molecular formula is C12H10ClN3O2S. The van der Waals surface area contributed by atoms with Gasteiger partial charge in [0.15, 0.2) is 11.2 Å². The van der Waals surface area contributed by atoms with E-state index in [-0.39, 0.29) is 5.91 Å². The molecule has 0 bridgehead atoms. The van der Waals surface area contributed by atoms with E-state index in [1.165, 1.54) is 11.8 Å². The molecule has 19 heavy (non-hydrogen) atoms. The Kier molecular flexibility index (Phi) is 3.20. The number of nitrogens with zero attached hydrogens (tertiary/aromatic N) is 2. The number of hydrogen-bond acceptors (Lipinski definition) is 4. The molecule has 5 nitrogen and oxygen atoms in total. The van der Waals surface area contributed by atoms with E-state index in [1.807, 2.05) is 0 Å². The number of amides is 2. The minimum absolute atomic E-state index is 0.241. The Bertz CT molecular complexity index is 573. The minimum atomic E-state index is -0.941. The Morgan fingerprint density at radius 3 is 2.79 bits per heavy atom. The van der Waals surface area contributed by atoms with Crippen molar-refractivity contribution in [3.63, 3.8) is 0 Å². The number of thioether (sulfide) groups is 1. The van der Waals surface area contributed by atoms with Crippen molar-refractivity contribution >= 4 is 46.0 Å². The SMILES string of the molecule is O=C1N=C2SCCN2C(=O)C1Nc1ccc(Cl)cc1. The molecule has 1 atom stereocenters. The third kappa shape index (κ3) is 2.33. The molecule has 0 saturated carbocycles. The van der Waals surface area contributed by atoms with Crippen molar-refractivity contribution in [2.24, 2.45) is 4.99 Å². The summed E-state index contributed by atoms with van der Waals surface area (Å²) < 4.78 is 0. The molecule has 1 fully saturated rings. The third-order valence-corrected chi connectivity index (χ3v) is 4.11.